The number of nitrogens with two attached hydrogens (primary N) is 1. The Hall–Kier alpha value is -0.810. The number of carbonyl (C=O) groups excluding carboxylic acids is 1. The molecule has 5 nitrogen and oxygen atoms in total. The lowest BCUT2D eigenvalue weighted by Gasteiger charge is -2.27. The Morgan fingerprint density at radius 3 is 2.40 bits per heavy atom. The Morgan fingerprint density at radius 1 is 1.25 bits per heavy atom. The van der Waals surface area contributed by atoms with Gasteiger partial charge in [-0.25, -0.2) is 4.79 Å². The fraction of sp³-hybridized carbons (Fsp3) is 0.933. The second-order valence-electron chi connectivity index (χ2n) is 6.66. The van der Waals surface area contributed by atoms with E-state index >= 15 is 0 Å². The van der Waals surface area contributed by atoms with Gasteiger partial charge in [0.1, 0.15) is 5.60 Å². The summed E-state index contributed by atoms with van der Waals surface area (Å²) in [6.45, 7) is 6.95. The highest BCUT2D eigenvalue weighted by Gasteiger charge is 2.20. The van der Waals surface area contributed by atoms with Crippen LogP contribution < -0.4 is 5.73 Å². The van der Waals surface area contributed by atoms with Gasteiger partial charge in [0.05, 0.1) is 6.10 Å². The van der Waals surface area contributed by atoms with E-state index in [0.717, 1.165) is 32.1 Å². The van der Waals surface area contributed by atoms with Gasteiger partial charge in [-0.3, -0.25) is 0 Å². The zero-order valence-electron chi connectivity index (χ0n) is 13.4. The molecule has 0 saturated heterocycles. The Balaban J connectivity index is 2.10. The summed E-state index contributed by atoms with van der Waals surface area (Å²) in [5, 5.41) is 0. The molecule has 1 amide bonds. The molecule has 1 fully saturated rings. The average molecular weight is 286 g/mol. The predicted molar refractivity (Wildman–Crippen MR) is 79.7 cm³/mol. The first kappa shape index (κ1) is 17.2. The molecule has 1 aliphatic carbocycles. The minimum absolute atomic E-state index is 0.277. The molecule has 118 valence electrons. The first-order chi connectivity index (χ1) is 9.28. The normalized spacial score (nSPS) is 23.4. The van der Waals surface area contributed by atoms with Gasteiger partial charge in [0.2, 0.25) is 0 Å². The lowest BCUT2D eigenvalue weighted by atomic mass is 9.94. The molecule has 0 heterocycles. The van der Waals surface area contributed by atoms with Gasteiger partial charge in [0, 0.05) is 26.2 Å². The molecule has 0 aromatic heterocycles. The zero-order valence-corrected chi connectivity index (χ0v) is 13.4. The summed E-state index contributed by atoms with van der Waals surface area (Å²) in [5.41, 5.74) is 5.42. The number of hydrogen-bond donors (Lipinski definition) is 1. The van der Waals surface area contributed by atoms with Crippen molar-refractivity contribution in [2.75, 3.05) is 20.2 Å². The molecule has 0 aliphatic heterocycles. The van der Waals surface area contributed by atoms with Crippen molar-refractivity contribution < 1.29 is 14.3 Å². The van der Waals surface area contributed by atoms with Crippen molar-refractivity contribution in [3.8, 4) is 0 Å². The van der Waals surface area contributed by atoms with Crippen LogP contribution in [-0.2, 0) is 9.47 Å². The standard InChI is InChI=1S/C15H30N2O3/c1-15(2,3)20-14(18)17(4)10-5-11-19-13-8-6-12(16)7-9-13/h12-13H,5-11,16H2,1-4H3. The fourth-order valence-electron chi connectivity index (χ4n) is 2.24. The van der Waals surface area contributed by atoms with Crippen LogP contribution in [0.25, 0.3) is 0 Å². The third-order valence-electron chi connectivity index (χ3n) is 3.42. The van der Waals surface area contributed by atoms with Crippen molar-refractivity contribution in [2.45, 2.75) is 70.6 Å². The minimum Gasteiger partial charge on any atom is -0.444 e. The molecule has 1 aliphatic rings. The summed E-state index contributed by atoms with van der Waals surface area (Å²) in [6, 6.07) is 0.355. The Labute approximate surface area is 122 Å². The summed E-state index contributed by atoms with van der Waals surface area (Å²) in [6.07, 6.45) is 5.14. The summed E-state index contributed by atoms with van der Waals surface area (Å²) >= 11 is 0. The smallest absolute Gasteiger partial charge is 0.410 e. The van der Waals surface area contributed by atoms with Crippen LogP contribution in [0.2, 0.25) is 0 Å². The number of ether oxygens (including phenoxy) is 2. The highest BCUT2D eigenvalue weighted by Crippen LogP contribution is 2.19. The fourth-order valence-corrected chi connectivity index (χ4v) is 2.24. The Morgan fingerprint density at radius 2 is 1.85 bits per heavy atom. The number of hydrogen-bond acceptors (Lipinski definition) is 4. The molecule has 0 radical (unpaired) electrons. The van der Waals surface area contributed by atoms with Gasteiger partial charge in [-0.05, 0) is 52.9 Å². The van der Waals surface area contributed by atoms with Crippen LogP contribution in [0.3, 0.4) is 0 Å². The van der Waals surface area contributed by atoms with E-state index in [1.54, 1.807) is 11.9 Å². The molecular formula is C15H30N2O3. The van der Waals surface area contributed by atoms with Crippen molar-refractivity contribution >= 4 is 6.09 Å². The molecular weight excluding hydrogens is 256 g/mol. The van der Waals surface area contributed by atoms with Crippen LogP contribution in [0.15, 0.2) is 0 Å². The lowest BCUT2D eigenvalue weighted by molar-refractivity contribution is 0.0137. The monoisotopic (exact) mass is 286 g/mol. The highest BCUT2D eigenvalue weighted by molar-refractivity contribution is 5.67. The average Bonchev–Trinajstić information content (AvgIpc) is 2.34. The van der Waals surface area contributed by atoms with Gasteiger partial charge in [0.25, 0.3) is 0 Å². The maximum atomic E-state index is 11.7. The summed E-state index contributed by atoms with van der Waals surface area (Å²) in [5.74, 6) is 0. The van der Waals surface area contributed by atoms with E-state index in [9.17, 15) is 4.79 Å². The van der Waals surface area contributed by atoms with E-state index in [2.05, 4.69) is 0 Å². The van der Waals surface area contributed by atoms with Crippen LogP contribution in [0.4, 0.5) is 4.79 Å². The summed E-state index contributed by atoms with van der Waals surface area (Å²) in [7, 11) is 1.76. The molecule has 0 atom stereocenters. The first-order valence-corrected chi connectivity index (χ1v) is 7.59. The van der Waals surface area contributed by atoms with E-state index in [4.69, 9.17) is 15.2 Å². The predicted octanol–water partition coefficient (Wildman–Crippen LogP) is 2.53. The molecule has 20 heavy (non-hydrogen) atoms. The van der Waals surface area contributed by atoms with Crippen molar-refractivity contribution in [1.82, 2.24) is 4.90 Å². The maximum Gasteiger partial charge on any atom is 0.410 e. The van der Waals surface area contributed by atoms with Crippen LogP contribution >= 0.6 is 0 Å². The molecule has 0 aromatic rings. The van der Waals surface area contributed by atoms with Crippen LogP contribution in [0.1, 0.15) is 52.9 Å². The van der Waals surface area contributed by atoms with Gasteiger partial charge in [-0.2, -0.15) is 0 Å². The molecule has 2 N–H and O–H groups in total. The molecule has 1 saturated carbocycles. The van der Waals surface area contributed by atoms with Gasteiger partial charge in [-0.15, -0.1) is 0 Å². The van der Waals surface area contributed by atoms with Gasteiger partial charge < -0.3 is 20.1 Å². The van der Waals surface area contributed by atoms with E-state index in [0.29, 0.717) is 25.3 Å². The Kier molecular flexibility index (Phi) is 6.76. The quantitative estimate of drug-likeness (QED) is 0.789. The summed E-state index contributed by atoms with van der Waals surface area (Å²) < 4.78 is 11.1. The van der Waals surface area contributed by atoms with Crippen LogP contribution in [-0.4, -0.2) is 48.9 Å². The second-order valence-corrected chi connectivity index (χ2v) is 6.66. The molecule has 5 heteroatoms. The van der Waals surface area contributed by atoms with Crippen LogP contribution in [0.5, 0.6) is 0 Å². The van der Waals surface area contributed by atoms with Crippen molar-refractivity contribution in [3.05, 3.63) is 0 Å². The van der Waals surface area contributed by atoms with E-state index < -0.39 is 5.60 Å². The SMILES string of the molecule is CN(CCCOC1CCC(N)CC1)C(=O)OC(C)(C)C. The summed E-state index contributed by atoms with van der Waals surface area (Å²) in [4.78, 5) is 13.3. The first-order valence-electron chi connectivity index (χ1n) is 7.59. The maximum absolute atomic E-state index is 11.7. The van der Waals surface area contributed by atoms with Gasteiger partial charge in [-0.1, -0.05) is 0 Å². The largest absolute Gasteiger partial charge is 0.444 e. The van der Waals surface area contributed by atoms with Gasteiger partial charge in [0.15, 0.2) is 0 Å². The van der Waals surface area contributed by atoms with E-state index in [-0.39, 0.29) is 6.09 Å². The third-order valence-corrected chi connectivity index (χ3v) is 3.42. The lowest BCUT2D eigenvalue weighted by Crippen LogP contribution is -2.35. The number of carbonyl (C=O) groups is 1. The highest BCUT2D eigenvalue weighted by atomic mass is 16.6. The van der Waals surface area contributed by atoms with Crippen LogP contribution in [0, 0.1) is 0 Å². The zero-order chi connectivity index (χ0) is 15.2. The van der Waals surface area contributed by atoms with E-state index in [1.807, 2.05) is 20.8 Å². The van der Waals surface area contributed by atoms with Gasteiger partial charge >= 0.3 is 6.09 Å². The molecule has 1 rings (SSSR count). The van der Waals surface area contributed by atoms with Crippen molar-refractivity contribution in [2.24, 2.45) is 5.73 Å². The second kappa shape index (κ2) is 7.84. The topological polar surface area (TPSA) is 64.8 Å². The van der Waals surface area contributed by atoms with Crippen molar-refractivity contribution in [1.29, 1.82) is 0 Å². The number of amides is 1. The Bertz CT molecular complexity index is 294. The number of rotatable bonds is 5. The molecule has 0 spiro atoms. The molecule has 0 unspecified atom stereocenters. The third kappa shape index (κ3) is 7.10. The minimum atomic E-state index is -0.442. The number of nitrogens with zero attached hydrogens (tertiary/aromatic N) is 1. The van der Waals surface area contributed by atoms with Crippen molar-refractivity contribution in [3.63, 3.8) is 0 Å². The molecule has 0 bridgehead atoms. The molecule has 0 aromatic carbocycles. The van der Waals surface area contributed by atoms with E-state index in [1.165, 1.54) is 0 Å².